The first-order valence-electron chi connectivity index (χ1n) is 5.23. The zero-order valence-corrected chi connectivity index (χ0v) is 10.0. The summed E-state index contributed by atoms with van der Waals surface area (Å²) >= 11 is 5.85. The van der Waals surface area contributed by atoms with Crippen LogP contribution in [0.15, 0.2) is 24.5 Å². The van der Waals surface area contributed by atoms with Crippen molar-refractivity contribution in [2.24, 2.45) is 0 Å². The Kier molecular flexibility index (Phi) is 3.28. The number of hydrogen-bond acceptors (Lipinski definition) is 3. The van der Waals surface area contributed by atoms with Gasteiger partial charge in [0.25, 0.3) is 0 Å². The first-order valence-corrected chi connectivity index (χ1v) is 5.61. The Labute approximate surface area is 103 Å². The maximum absolute atomic E-state index is 12.8. The predicted octanol–water partition coefficient (Wildman–Crippen LogP) is 2.65. The van der Waals surface area contributed by atoms with E-state index in [1.165, 1.54) is 18.5 Å². The van der Waals surface area contributed by atoms with Crippen molar-refractivity contribution in [2.75, 3.05) is 5.73 Å². The van der Waals surface area contributed by atoms with E-state index in [1.807, 2.05) is 6.92 Å². The van der Waals surface area contributed by atoms with Gasteiger partial charge in [-0.3, -0.25) is 4.98 Å². The molecule has 0 radical (unpaired) electrons. The summed E-state index contributed by atoms with van der Waals surface area (Å²) in [6.45, 7) is 1.98. The summed E-state index contributed by atoms with van der Waals surface area (Å²) in [5, 5.41) is 4.52. The van der Waals surface area contributed by atoms with Crippen LogP contribution in [0.1, 0.15) is 25.1 Å². The molecule has 0 amide bonds. The van der Waals surface area contributed by atoms with Gasteiger partial charge in [-0.25, -0.2) is 9.07 Å². The minimum Gasteiger partial charge on any atom is -0.383 e. The van der Waals surface area contributed by atoms with Crippen LogP contribution in [0.5, 0.6) is 0 Å². The minimum absolute atomic E-state index is 0.136. The van der Waals surface area contributed by atoms with E-state index >= 15 is 0 Å². The minimum atomic E-state index is -0.366. The van der Waals surface area contributed by atoms with E-state index in [2.05, 4.69) is 10.1 Å². The van der Waals surface area contributed by atoms with Crippen LogP contribution in [0, 0.1) is 5.82 Å². The van der Waals surface area contributed by atoms with Crippen LogP contribution in [0.3, 0.4) is 0 Å². The number of halogens is 2. The highest BCUT2D eigenvalue weighted by Crippen LogP contribution is 2.26. The van der Waals surface area contributed by atoms with Crippen LogP contribution in [0.4, 0.5) is 10.2 Å². The maximum Gasteiger partial charge on any atom is 0.141 e. The molecule has 2 N–H and O–H groups in total. The van der Waals surface area contributed by atoms with Gasteiger partial charge in [-0.2, -0.15) is 5.10 Å². The van der Waals surface area contributed by atoms with E-state index < -0.39 is 0 Å². The summed E-state index contributed by atoms with van der Waals surface area (Å²) in [5.74, 6) is 0.0275. The third-order valence-electron chi connectivity index (χ3n) is 2.56. The Balaban J connectivity index is 2.40. The van der Waals surface area contributed by atoms with Crippen LogP contribution >= 0.6 is 11.6 Å². The molecule has 0 aliphatic rings. The van der Waals surface area contributed by atoms with E-state index in [9.17, 15) is 4.39 Å². The number of nitrogens with two attached hydrogens (primary N) is 1. The van der Waals surface area contributed by atoms with Crippen molar-refractivity contribution in [3.63, 3.8) is 0 Å². The Bertz CT molecular complexity index is 509. The third kappa shape index (κ3) is 2.24. The highest BCUT2D eigenvalue weighted by Gasteiger charge is 2.17. The molecule has 2 aromatic rings. The SMILES string of the molecule is CCC(c1ccc(F)cn1)n1ncc(Cl)c1N. The number of nitrogens with zero attached hydrogens (tertiary/aromatic N) is 3. The lowest BCUT2D eigenvalue weighted by Gasteiger charge is -2.16. The van der Waals surface area contributed by atoms with Crippen LogP contribution in [0.2, 0.25) is 5.02 Å². The summed E-state index contributed by atoms with van der Waals surface area (Å²) in [6.07, 6.45) is 3.41. The summed E-state index contributed by atoms with van der Waals surface area (Å²) in [7, 11) is 0. The van der Waals surface area contributed by atoms with Gasteiger partial charge in [-0.1, -0.05) is 18.5 Å². The number of aromatic nitrogens is 3. The summed E-state index contributed by atoms with van der Waals surface area (Å²) in [5.41, 5.74) is 6.52. The molecule has 6 heteroatoms. The van der Waals surface area contributed by atoms with Gasteiger partial charge in [-0.05, 0) is 18.6 Å². The topological polar surface area (TPSA) is 56.7 Å². The van der Waals surface area contributed by atoms with Gasteiger partial charge in [0.1, 0.15) is 16.7 Å². The van der Waals surface area contributed by atoms with E-state index in [1.54, 1.807) is 10.7 Å². The molecule has 0 bridgehead atoms. The highest BCUT2D eigenvalue weighted by atomic mass is 35.5. The van der Waals surface area contributed by atoms with E-state index in [0.717, 1.165) is 6.42 Å². The smallest absolute Gasteiger partial charge is 0.141 e. The first-order chi connectivity index (χ1) is 8.13. The summed E-state index contributed by atoms with van der Waals surface area (Å²) in [4.78, 5) is 4.04. The van der Waals surface area contributed by atoms with E-state index in [0.29, 0.717) is 16.5 Å². The highest BCUT2D eigenvalue weighted by molar-refractivity contribution is 6.32. The lowest BCUT2D eigenvalue weighted by atomic mass is 10.1. The number of pyridine rings is 1. The largest absolute Gasteiger partial charge is 0.383 e. The van der Waals surface area contributed by atoms with E-state index in [4.69, 9.17) is 17.3 Å². The molecule has 0 aliphatic heterocycles. The number of hydrogen-bond donors (Lipinski definition) is 1. The molecule has 0 fully saturated rings. The first kappa shape index (κ1) is 11.9. The van der Waals surface area contributed by atoms with E-state index in [-0.39, 0.29) is 11.9 Å². The van der Waals surface area contributed by atoms with Crippen molar-refractivity contribution >= 4 is 17.4 Å². The van der Waals surface area contributed by atoms with Crippen LogP contribution in [-0.4, -0.2) is 14.8 Å². The second-order valence-corrected chi connectivity index (χ2v) is 4.05. The van der Waals surface area contributed by atoms with Crippen LogP contribution in [-0.2, 0) is 0 Å². The lowest BCUT2D eigenvalue weighted by molar-refractivity contribution is 0.501. The monoisotopic (exact) mass is 254 g/mol. The molecule has 0 saturated carbocycles. The molecule has 0 aliphatic carbocycles. The van der Waals surface area contributed by atoms with Gasteiger partial charge in [0.2, 0.25) is 0 Å². The fraction of sp³-hybridized carbons (Fsp3) is 0.273. The Hall–Kier alpha value is -1.62. The Morgan fingerprint density at radius 3 is 2.71 bits per heavy atom. The second kappa shape index (κ2) is 4.71. The average Bonchev–Trinajstić information content (AvgIpc) is 2.65. The zero-order chi connectivity index (χ0) is 12.4. The zero-order valence-electron chi connectivity index (χ0n) is 9.27. The lowest BCUT2D eigenvalue weighted by Crippen LogP contribution is -2.15. The fourth-order valence-corrected chi connectivity index (χ4v) is 1.82. The third-order valence-corrected chi connectivity index (χ3v) is 2.85. The number of rotatable bonds is 3. The molecule has 17 heavy (non-hydrogen) atoms. The average molecular weight is 255 g/mol. The summed E-state index contributed by atoms with van der Waals surface area (Å²) in [6, 6.07) is 2.85. The van der Waals surface area contributed by atoms with Crippen molar-refractivity contribution in [2.45, 2.75) is 19.4 Å². The van der Waals surface area contributed by atoms with Gasteiger partial charge < -0.3 is 5.73 Å². The number of anilines is 1. The second-order valence-electron chi connectivity index (χ2n) is 3.65. The molecular weight excluding hydrogens is 243 g/mol. The Morgan fingerprint density at radius 1 is 1.47 bits per heavy atom. The molecule has 0 spiro atoms. The van der Waals surface area contributed by atoms with Gasteiger partial charge in [0.05, 0.1) is 24.1 Å². The van der Waals surface area contributed by atoms with Crippen LogP contribution in [0.25, 0.3) is 0 Å². The molecule has 2 rings (SSSR count). The fourth-order valence-electron chi connectivity index (χ4n) is 1.69. The van der Waals surface area contributed by atoms with Crippen molar-refractivity contribution in [3.05, 3.63) is 41.1 Å². The van der Waals surface area contributed by atoms with Gasteiger partial charge in [0, 0.05) is 0 Å². The maximum atomic E-state index is 12.8. The molecule has 1 unspecified atom stereocenters. The van der Waals surface area contributed by atoms with Gasteiger partial charge >= 0.3 is 0 Å². The quantitative estimate of drug-likeness (QED) is 0.916. The molecule has 2 aromatic heterocycles. The van der Waals surface area contributed by atoms with Gasteiger partial charge in [0.15, 0.2) is 0 Å². The predicted molar refractivity (Wildman–Crippen MR) is 64.3 cm³/mol. The molecule has 2 heterocycles. The van der Waals surface area contributed by atoms with Crippen molar-refractivity contribution < 1.29 is 4.39 Å². The Morgan fingerprint density at radius 2 is 2.24 bits per heavy atom. The molecule has 4 nitrogen and oxygen atoms in total. The molecule has 90 valence electrons. The van der Waals surface area contributed by atoms with Crippen molar-refractivity contribution in [1.82, 2.24) is 14.8 Å². The van der Waals surface area contributed by atoms with Crippen LogP contribution < -0.4 is 5.73 Å². The number of nitrogen functional groups attached to an aromatic ring is 1. The molecule has 0 saturated heterocycles. The standard InChI is InChI=1S/C11H12ClFN4/c1-2-10(9-4-3-7(13)5-15-9)17-11(14)8(12)6-16-17/h3-6,10H,2,14H2,1H3. The molecule has 1 atom stereocenters. The van der Waals surface area contributed by atoms with Gasteiger partial charge in [-0.15, -0.1) is 0 Å². The molecule has 0 aromatic carbocycles. The molecular formula is C11H12ClFN4. The summed E-state index contributed by atoms with van der Waals surface area (Å²) < 4.78 is 14.4. The normalized spacial score (nSPS) is 12.6. The van der Waals surface area contributed by atoms with Crippen molar-refractivity contribution in [3.8, 4) is 0 Å². The van der Waals surface area contributed by atoms with Crippen molar-refractivity contribution in [1.29, 1.82) is 0 Å².